The number of nitrogens with zero attached hydrogens (tertiary/aromatic N) is 1. The summed E-state index contributed by atoms with van der Waals surface area (Å²) in [5.41, 5.74) is 9.24. The van der Waals surface area contributed by atoms with Crippen LogP contribution in [-0.4, -0.2) is 47.1 Å². The maximum Gasteiger partial charge on any atom is 0.344 e. The number of esters is 1. The van der Waals surface area contributed by atoms with E-state index in [1.807, 2.05) is 26.8 Å². The number of rotatable bonds is 13. The largest absolute Gasteiger partial charge is 0.487 e. The number of anilines is 2. The molecule has 3 aromatic rings. The average Bonchev–Trinajstić information content (AvgIpc) is 2.91. The number of aryl methyl sites for hydroxylation is 1. The van der Waals surface area contributed by atoms with Crippen molar-refractivity contribution in [2.45, 2.75) is 47.0 Å². The first-order valence-electron chi connectivity index (χ1n) is 12.8. The number of carbonyl (C=O) groups is 2. The van der Waals surface area contributed by atoms with Gasteiger partial charge in [0.2, 0.25) is 0 Å². The molecule has 0 bridgehead atoms. The molecule has 11 heteroatoms. The van der Waals surface area contributed by atoms with Crippen LogP contribution in [-0.2, 0) is 22.7 Å². The Hall–Kier alpha value is -4.64. The van der Waals surface area contributed by atoms with Gasteiger partial charge in [-0.1, -0.05) is 11.6 Å². The fourth-order valence-corrected chi connectivity index (χ4v) is 3.80. The lowest BCUT2D eigenvalue weighted by molar-refractivity contribution is -0.145. The van der Waals surface area contributed by atoms with E-state index in [1.165, 1.54) is 6.20 Å². The Bertz CT molecular complexity index is 1360. The Kier molecular flexibility index (Phi) is 10.4. The SMILES string of the molecule is CCOC(=O)COc1c(CNc2ccc(C)cc2C(=O)Nc2ccc(C(=N)N)nc2)cc(CO)cc1OC(C)C. The van der Waals surface area contributed by atoms with Gasteiger partial charge in [-0.2, -0.15) is 0 Å². The third kappa shape index (κ3) is 8.18. The van der Waals surface area contributed by atoms with E-state index in [-0.39, 0.29) is 44.2 Å². The molecule has 0 fully saturated rings. The second-order valence-corrected chi connectivity index (χ2v) is 9.20. The second kappa shape index (κ2) is 13.9. The Morgan fingerprint density at radius 3 is 2.55 bits per heavy atom. The molecule has 11 nitrogen and oxygen atoms in total. The summed E-state index contributed by atoms with van der Waals surface area (Å²) >= 11 is 0. The number of amides is 1. The molecule has 0 radical (unpaired) electrons. The molecule has 212 valence electrons. The first-order chi connectivity index (χ1) is 19.1. The van der Waals surface area contributed by atoms with Crippen LogP contribution in [0.2, 0.25) is 0 Å². The monoisotopic (exact) mass is 549 g/mol. The number of ether oxygens (including phenoxy) is 3. The molecule has 1 aromatic heterocycles. The van der Waals surface area contributed by atoms with Gasteiger partial charge in [-0.25, -0.2) is 4.79 Å². The normalized spacial score (nSPS) is 10.7. The predicted octanol–water partition coefficient (Wildman–Crippen LogP) is 3.76. The Labute approximate surface area is 233 Å². The zero-order chi connectivity index (χ0) is 29.2. The molecule has 6 N–H and O–H groups in total. The van der Waals surface area contributed by atoms with Crippen LogP contribution in [0.5, 0.6) is 11.5 Å². The summed E-state index contributed by atoms with van der Waals surface area (Å²) in [7, 11) is 0. The lowest BCUT2D eigenvalue weighted by Gasteiger charge is -2.20. The molecule has 0 saturated carbocycles. The zero-order valence-electron chi connectivity index (χ0n) is 23.0. The molecule has 2 aromatic carbocycles. The van der Waals surface area contributed by atoms with Gasteiger partial charge in [0, 0.05) is 17.8 Å². The van der Waals surface area contributed by atoms with E-state index >= 15 is 0 Å². The maximum atomic E-state index is 13.2. The molecule has 0 atom stereocenters. The minimum absolute atomic E-state index is 0.166. The smallest absolute Gasteiger partial charge is 0.344 e. The third-order valence-corrected chi connectivity index (χ3v) is 5.56. The van der Waals surface area contributed by atoms with Crippen LogP contribution >= 0.6 is 0 Å². The fourth-order valence-electron chi connectivity index (χ4n) is 3.80. The van der Waals surface area contributed by atoms with Crippen molar-refractivity contribution >= 4 is 29.1 Å². The summed E-state index contributed by atoms with van der Waals surface area (Å²) in [6, 6.07) is 12.0. The number of aromatic nitrogens is 1. The van der Waals surface area contributed by atoms with Gasteiger partial charge >= 0.3 is 5.97 Å². The molecule has 0 unspecified atom stereocenters. The molecule has 1 heterocycles. The second-order valence-electron chi connectivity index (χ2n) is 9.20. The lowest BCUT2D eigenvalue weighted by Crippen LogP contribution is -2.18. The van der Waals surface area contributed by atoms with Gasteiger partial charge < -0.3 is 35.7 Å². The summed E-state index contributed by atoms with van der Waals surface area (Å²) in [5, 5.41) is 23.4. The number of nitrogen functional groups attached to an aromatic ring is 1. The summed E-state index contributed by atoms with van der Waals surface area (Å²) in [5.74, 6) is -0.338. The van der Waals surface area contributed by atoms with Crippen LogP contribution in [0.25, 0.3) is 0 Å². The number of nitrogens with two attached hydrogens (primary N) is 1. The highest BCUT2D eigenvalue weighted by molar-refractivity contribution is 6.08. The van der Waals surface area contributed by atoms with Crippen molar-refractivity contribution < 1.29 is 28.9 Å². The van der Waals surface area contributed by atoms with Crippen molar-refractivity contribution in [1.29, 1.82) is 5.41 Å². The minimum Gasteiger partial charge on any atom is -0.487 e. The number of amidine groups is 1. The van der Waals surface area contributed by atoms with E-state index in [9.17, 15) is 14.7 Å². The number of nitrogens with one attached hydrogen (secondary N) is 3. The number of aliphatic hydroxyl groups is 1. The van der Waals surface area contributed by atoms with Crippen LogP contribution in [0.1, 0.15) is 53.5 Å². The predicted molar refractivity (Wildman–Crippen MR) is 152 cm³/mol. The van der Waals surface area contributed by atoms with E-state index in [1.54, 1.807) is 43.3 Å². The van der Waals surface area contributed by atoms with E-state index in [4.69, 9.17) is 25.4 Å². The molecule has 3 rings (SSSR count). The van der Waals surface area contributed by atoms with Gasteiger partial charge in [-0.05, 0) is 69.7 Å². The molecule has 40 heavy (non-hydrogen) atoms. The highest BCUT2D eigenvalue weighted by Crippen LogP contribution is 2.35. The average molecular weight is 550 g/mol. The Morgan fingerprint density at radius 1 is 1.15 bits per heavy atom. The van der Waals surface area contributed by atoms with E-state index in [0.717, 1.165) is 5.56 Å². The van der Waals surface area contributed by atoms with Crippen LogP contribution in [0.3, 0.4) is 0 Å². The van der Waals surface area contributed by atoms with Crippen LogP contribution in [0.15, 0.2) is 48.7 Å². The summed E-state index contributed by atoms with van der Waals surface area (Å²) < 4.78 is 16.8. The van der Waals surface area contributed by atoms with Gasteiger partial charge in [-0.15, -0.1) is 0 Å². The van der Waals surface area contributed by atoms with Gasteiger partial charge in [0.05, 0.1) is 36.8 Å². The summed E-state index contributed by atoms with van der Waals surface area (Å²) in [4.78, 5) is 29.3. The Balaban J connectivity index is 1.89. The van der Waals surface area contributed by atoms with E-state index in [2.05, 4.69) is 15.6 Å². The molecule has 0 spiro atoms. The lowest BCUT2D eigenvalue weighted by atomic mass is 10.1. The highest BCUT2D eigenvalue weighted by Gasteiger charge is 2.19. The number of carbonyl (C=O) groups excluding carboxylic acids is 2. The Morgan fingerprint density at radius 2 is 1.93 bits per heavy atom. The molecule has 0 saturated heterocycles. The van der Waals surface area contributed by atoms with Crippen molar-refractivity contribution in [3.8, 4) is 11.5 Å². The quantitative estimate of drug-likeness (QED) is 0.121. The number of benzene rings is 2. The minimum atomic E-state index is -0.522. The first kappa shape index (κ1) is 29.9. The van der Waals surface area contributed by atoms with Gasteiger partial charge in [0.1, 0.15) is 11.5 Å². The maximum absolute atomic E-state index is 13.2. The first-order valence-corrected chi connectivity index (χ1v) is 12.8. The van der Waals surface area contributed by atoms with E-state index in [0.29, 0.717) is 45.3 Å². The zero-order valence-corrected chi connectivity index (χ0v) is 23.0. The topological polar surface area (TPSA) is 169 Å². The summed E-state index contributed by atoms with van der Waals surface area (Å²) in [6.07, 6.45) is 1.24. The molecule has 1 amide bonds. The summed E-state index contributed by atoms with van der Waals surface area (Å²) in [6.45, 7) is 7.19. The van der Waals surface area contributed by atoms with Crippen LogP contribution < -0.4 is 25.8 Å². The van der Waals surface area contributed by atoms with E-state index < -0.39 is 5.97 Å². The van der Waals surface area contributed by atoms with Crippen LogP contribution in [0, 0.1) is 12.3 Å². The molecular formula is C29H35N5O6. The van der Waals surface area contributed by atoms with Gasteiger partial charge in [0.25, 0.3) is 5.91 Å². The number of hydrogen-bond donors (Lipinski definition) is 5. The standard InChI is InChI=1S/C29H35N5O6/c1-5-38-26(36)16-39-27-20(11-19(15-35)12-25(27)40-17(2)3)13-32-23-8-6-18(4)10-22(23)29(37)34-21-7-9-24(28(30)31)33-14-21/h6-12,14,17,32,35H,5,13,15-16H2,1-4H3,(H3,30,31)(H,34,37). The third-order valence-electron chi connectivity index (χ3n) is 5.56. The van der Waals surface area contributed by atoms with Crippen molar-refractivity contribution in [3.63, 3.8) is 0 Å². The van der Waals surface area contributed by atoms with Crippen molar-refractivity contribution in [3.05, 3.63) is 76.6 Å². The molecule has 0 aliphatic carbocycles. The van der Waals surface area contributed by atoms with Gasteiger partial charge in [0.15, 0.2) is 18.1 Å². The number of pyridine rings is 1. The number of aliphatic hydroxyl groups excluding tert-OH is 1. The highest BCUT2D eigenvalue weighted by atomic mass is 16.6. The molecule has 0 aliphatic rings. The van der Waals surface area contributed by atoms with Crippen molar-refractivity contribution in [2.24, 2.45) is 5.73 Å². The molecule has 0 aliphatic heterocycles. The van der Waals surface area contributed by atoms with Crippen molar-refractivity contribution in [2.75, 3.05) is 23.8 Å². The molecular weight excluding hydrogens is 514 g/mol. The van der Waals surface area contributed by atoms with Crippen LogP contribution in [0.4, 0.5) is 11.4 Å². The van der Waals surface area contributed by atoms with Gasteiger partial charge in [-0.3, -0.25) is 15.2 Å². The van der Waals surface area contributed by atoms with Crippen molar-refractivity contribution in [1.82, 2.24) is 4.98 Å². The number of hydrogen-bond acceptors (Lipinski definition) is 9. The fraction of sp³-hybridized carbons (Fsp3) is 0.310.